The molecular formula is C19H24S. The summed E-state index contributed by atoms with van der Waals surface area (Å²) in [5.41, 5.74) is 0. The second kappa shape index (κ2) is 4.94. The van der Waals surface area contributed by atoms with Crippen LogP contribution in [0.4, 0.5) is 0 Å². The van der Waals surface area contributed by atoms with Gasteiger partial charge in [-0.05, 0) is 74.3 Å². The summed E-state index contributed by atoms with van der Waals surface area (Å²) in [4.78, 5) is 1.46. The monoisotopic (exact) mass is 284 g/mol. The van der Waals surface area contributed by atoms with Gasteiger partial charge in [-0.25, -0.2) is 0 Å². The van der Waals surface area contributed by atoms with Crippen LogP contribution in [0.1, 0.15) is 38.5 Å². The van der Waals surface area contributed by atoms with Gasteiger partial charge in [-0.3, -0.25) is 0 Å². The van der Waals surface area contributed by atoms with Crippen LogP contribution in [0.3, 0.4) is 0 Å². The molecule has 1 heteroatoms. The lowest BCUT2D eigenvalue weighted by Crippen LogP contribution is -2.55. The van der Waals surface area contributed by atoms with Gasteiger partial charge < -0.3 is 0 Å². The van der Waals surface area contributed by atoms with Gasteiger partial charge in [0.05, 0.1) is 0 Å². The molecule has 0 spiro atoms. The van der Waals surface area contributed by atoms with Gasteiger partial charge in [0.2, 0.25) is 0 Å². The first-order valence-corrected chi connectivity index (χ1v) is 8.97. The smallest absolute Gasteiger partial charge is 0.0298 e. The van der Waals surface area contributed by atoms with Crippen molar-refractivity contribution in [2.45, 2.75) is 48.2 Å². The summed E-state index contributed by atoms with van der Waals surface area (Å²) in [7, 11) is 0. The fourth-order valence-electron chi connectivity index (χ4n) is 5.46. The maximum absolute atomic E-state index is 4.09. The van der Waals surface area contributed by atoms with E-state index in [-0.39, 0.29) is 0 Å². The van der Waals surface area contributed by atoms with E-state index < -0.39 is 0 Å². The second-order valence-corrected chi connectivity index (χ2v) is 8.60. The second-order valence-electron chi connectivity index (χ2n) is 7.17. The van der Waals surface area contributed by atoms with Crippen LogP contribution in [0, 0.1) is 23.7 Å². The summed E-state index contributed by atoms with van der Waals surface area (Å²) in [6.45, 7) is 4.09. The van der Waals surface area contributed by atoms with Crippen molar-refractivity contribution >= 4 is 11.8 Å². The molecule has 4 saturated carbocycles. The molecule has 0 N–H and O–H groups in total. The molecule has 106 valence electrons. The Labute approximate surface area is 127 Å². The van der Waals surface area contributed by atoms with Gasteiger partial charge in [0.1, 0.15) is 0 Å². The highest BCUT2D eigenvalue weighted by Gasteiger charge is 2.56. The third kappa shape index (κ3) is 1.97. The molecule has 0 atom stereocenters. The lowest BCUT2D eigenvalue weighted by molar-refractivity contribution is -0.0155. The van der Waals surface area contributed by atoms with E-state index in [9.17, 15) is 0 Å². The Morgan fingerprint density at radius 2 is 1.60 bits per heavy atom. The van der Waals surface area contributed by atoms with Crippen molar-refractivity contribution < 1.29 is 0 Å². The molecular weight excluding hydrogens is 260 g/mol. The lowest BCUT2D eigenvalue weighted by atomic mass is 9.51. The maximum atomic E-state index is 4.09. The van der Waals surface area contributed by atoms with E-state index in [4.69, 9.17) is 0 Å². The number of rotatable bonds is 4. The van der Waals surface area contributed by atoms with Crippen LogP contribution in [0.5, 0.6) is 0 Å². The van der Waals surface area contributed by atoms with Gasteiger partial charge in [-0.15, -0.1) is 18.3 Å². The summed E-state index contributed by atoms with van der Waals surface area (Å²) >= 11 is 2.18. The highest BCUT2D eigenvalue weighted by molar-refractivity contribution is 8.00. The molecule has 0 saturated heterocycles. The predicted molar refractivity (Wildman–Crippen MR) is 86.9 cm³/mol. The molecule has 20 heavy (non-hydrogen) atoms. The molecule has 5 rings (SSSR count). The van der Waals surface area contributed by atoms with Gasteiger partial charge >= 0.3 is 0 Å². The fraction of sp³-hybridized carbons (Fsp3) is 0.579. The normalized spacial score (nSPS) is 41.8. The number of allylic oxidation sites excluding steroid dienone is 1. The summed E-state index contributed by atoms with van der Waals surface area (Å²) < 4.78 is 0.455. The van der Waals surface area contributed by atoms with Crippen molar-refractivity contribution in [3.8, 4) is 0 Å². The minimum absolute atomic E-state index is 0.455. The van der Waals surface area contributed by atoms with Crippen LogP contribution in [0.25, 0.3) is 0 Å². The van der Waals surface area contributed by atoms with E-state index in [1.807, 2.05) is 0 Å². The largest absolute Gasteiger partial charge is 0.118 e. The minimum atomic E-state index is 0.455. The average Bonchev–Trinajstić information content (AvgIpc) is 2.45. The van der Waals surface area contributed by atoms with Gasteiger partial charge in [-0.2, -0.15) is 0 Å². The zero-order chi connectivity index (χ0) is 13.6. The van der Waals surface area contributed by atoms with Crippen LogP contribution in [0.15, 0.2) is 47.9 Å². The first kappa shape index (κ1) is 13.0. The summed E-state index contributed by atoms with van der Waals surface area (Å²) in [6.07, 6.45) is 10.9. The Hall–Kier alpha value is -0.690. The third-order valence-corrected chi connectivity index (χ3v) is 7.76. The Balaban J connectivity index is 1.68. The van der Waals surface area contributed by atoms with Crippen molar-refractivity contribution in [3.05, 3.63) is 43.0 Å². The Morgan fingerprint density at radius 3 is 2.15 bits per heavy atom. The van der Waals surface area contributed by atoms with Gasteiger partial charge in [0.15, 0.2) is 0 Å². The van der Waals surface area contributed by atoms with Crippen LogP contribution in [-0.4, -0.2) is 4.75 Å². The summed E-state index contributed by atoms with van der Waals surface area (Å²) in [5.74, 6) is 3.96. The van der Waals surface area contributed by atoms with Crippen molar-refractivity contribution in [1.82, 2.24) is 0 Å². The average molecular weight is 284 g/mol. The molecule has 4 fully saturated rings. The SMILES string of the molecule is C=CCC1(Sc2ccccc2)C2CC3CC(C2)CC1C3. The topological polar surface area (TPSA) is 0 Å². The standard InChI is InChI=1S/C19H24S/c1-2-8-19(20-18-6-4-3-5-7-18)16-10-14-9-15(12-16)13-17(19)11-14/h2-7,14-17H,1,8-13H2. The van der Waals surface area contributed by atoms with Gasteiger partial charge in [-0.1, -0.05) is 24.3 Å². The molecule has 1 aromatic rings. The van der Waals surface area contributed by atoms with E-state index in [0.717, 1.165) is 23.7 Å². The fourth-order valence-corrected chi connectivity index (χ4v) is 7.11. The van der Waals surface area contributed by atoms with Crippen molar-refractivity contribution in [2.24, 2.45) is 23.7 Å². The van der Waals surface area contributed by atoms with E-state index in [1.54, 1.807) is 0 Å². The molecule has 1 aromatic carbocycles. The molecule has 0 aliphatic heterocycles. The first-order valence-electron chi connectivity index (χ1n) is 8.15. The quantitative estimate of drug-likeness (QED) is 0.653. The Bertz CT molecular complexity index is 462. The number of thioether (sulfide) groups is 1. The van der Waals surface area contributed by atoms with Crippen molar-refractivity contribution in [2.75, 3.05) is 0 Å². The summed E-state index contributed by atoms with van der Waals surface area (Å²) in [5, 5.41) is 0. The molecule has 4 bridgehead atoms. The highest BCUT2D eigenvalue weighted by Crippen LogP contribution is 2.65. The lowest BCUT2D eigenvalue weighted by Gasteiger charge is -2.61. The Morgan fingerprint density at radius 1 is 1.00 bits per heavy atom. The number of benzene rings is 1. The van der Waals surface area contributed by atoms with Crippen LogP contribution >= 0.6 is 11.8 Å². The number of hydrogen-bond donors (Lipinski definition) is 0. The van der Waals surface area contributed by atoms with Crippen molar-refractivity contribution in [1.29, 1.82) is 0 Å². The van der Waals surface area contributed by atoms with E-state index in [0.29, 0.717) is 4.75 Å². The van der Waals surface area contributed by atoms with E-state index >= 15 is 0 Å². The Kier molecular flexibility index (Phi) is 3.22. The van der Waals surface area contributed by atoms with Crippen LogP contribution in [-0.2, 0) is 0 Å². The summed E-state index contributed by atoms with van der Waals surface area (Å²) in [6, 6.07) is 11.1. The molecule has 0 heterocycles. The highest BCUT2D eigenvalue weighted by atomic mass is 32.2. The van der Waals surface area contributed by atoms with E-state index in [1.165, 1.54) is 43.4 Å². The molecule has 0 nitrogen and oxygen atoms in total. The molecule has 0 unspecified atom stereocenters. The molecule has 0 radical (unpaired) electrons. The molecule has 0 aromatic heterocycles. The van der Waals surface area contributed by atoms with Gasteiger partial charge in [0.25, 0.3) is 0 Å². The van der Waals surface area contributed by atoms with Crippen LogP contribution in [0.2, 0.25) is 0 Å². The van der Waals surface area contributed by atoms with Crippen molar-refractivity contribution in [3.63, 3.8) is 0 Å². The zero-order valence-electron chi connectivity index (χ0n) is 12.1. The van der Waals surface area contributed by atoms with Crippen LogP contribution < -0.4 is 0 Å². The molecule has 4 aliphatic carbocycles. The third-order valence-electron chi connectivity index (χ3n) is 6.03. The molecule has 4 aliphatic rings. The van der Waals surface area contributed by atoms with Gasteiger partial charge in [0, 0.05) is 9.64 Å². The maximum Gasteiger partial charge on any atom is 0.0298 e. The first-order chi connectivity index (χ1) is 9.80. The molecule has 0 amide bonds. The zero-order valence-corrected chi connectivity index (χ0v) is 12.9. The minimum Gasteiger partial charge on any atom is -0.118 e. The number of hydrogen-bond acceptors (Lipinski definition) is 1. The predicted octanol–water partition coefficient (Wildman–Crippen LogP) is 5.55. The van der Waals surface area contributed by atoms with E-state index in [2.05, 4.69) is 54.7 Å².